The third-order valence-electron chi connectivity index (χ3n) is 3.21. The molecule has 118 valence electrons. The van der Waals surface area contributed by atoms with Crippen LogP contribution in [0.1, 0.15) is 13.8 Å². The van der Waals surface area contributed by atoms with Gasteiger partial charge in [-0.3, -0.25) is 9.48 Å². The fourth-order valence-electron chi connectivity index (χ4n) is 1.99. The number of rotatable bonds is 4. The van der Waals surface area contributed by atoms with Gasteiger partial charge in [0.05, 0.1) is 41.0 Å². The molecule has 22 heavy (non-hydrogen) atoms. The maximum atomic E-state index is 11.7. The molecule has 0 aliphatic rings. The number of carbonyl (C=O) groups is 1. The molecule has 0 spiro atoms. The number of carbonyl (C=O) groups excluding carboxylic acids is 1. The molecule has 1 heterocycles. The molecule has 2 N–H and O–H groups in total. The SMILES string of the molecule is COC(=O)C(C)(C)Cn1cc(-c2cc(Cl)c(N)c(Cl)c2)nn1. The number of nitrogens with zero attached hydrogens (tertiary/aromatic N) is 3. The van der Waals surface area contributed by atoms with E-state index in [-0.39, 0.29) is 5.97 Å². The molecule has 0 fully saturated rings. The highest BCUT2D eigenvalue weighted by Gasteiger charge is 2.29. The number of esters is 1. The van der Waals surface area contributed by atoms with E-state index in [2.05, 4.69) is 10.3 Å². The number of nitrogens with two attached hydrogens (primary N) is 1. The van der Waals surface area contributed by atoms with Crippen molar-refractivity contribution in [2.24, 2.45) is 5.41 Å². The van der Waals surface area contributed by atoms with E-state index in [9.17, 15) is 4.79 Å². The van der Waals surface area contributed by atoms with Crippen LogP contribution in [0.3, 0.4) is 0 Å². The average Bonchev–Trinajstić information content (AvgIpc) is 2.90. The van der Waals surface area contributed by atoms with E-state index in [0.29, 0.717) is 33.5 Å². The lowest BCUT2D eigenvalue weighted by Crippen LogP contribution is -2.30. The van der Waals surface area contributed by atoms with Gasteiger partial charge in [-0.15, -0.1) is 5.10 Å². The van der Waals surface area contributed by atoms with Gasteiger partial charge in [-0.1, -0.05) is 28.4 Å². The Morgan fingerprint density at radius 1 is 1.36 bits per heavy atom. The van der Waals surface area contributed by atoms with Crippen molar-refractivity contribution < 1.29 is 9.53 Å². The van der Waals surface area contributed by atoms with Crippen molar-refractivity contribution in [3.05, 3.63) is 28.4 Å². The van der Waals surface area contributed by atoms with Crippen molar-refractivity contribution in [3.63, 3.8) is 0 Å². The van der Waals surface area contributed by atoms with Gasteiger partial charge in [0.25, 0.3) is 0 Å². The van der Waals surface area contributed by atoms with Crippen LogP contribution < -0.4 is 5.73 Å². The minimum Gasteiger partial charge on any atom is -0.469 e. The van der Waals surface area contributed by atoms with Crippen molar-refractivity contribution in [2.75, 3.05) is 12.8 Å². The second-order valence-corrected chi connectivity index (χ2v) is 6.34. The fraction of sp³-hybridized carbons (Fsp3) is 0.357. The summed E-state index contributed by atoms with van der Waals surface area (Å²) < 4.78 is 6.35. The number of methoxy groups -OCH3 is 1. The highest BCUT2D eigenvalue weighted by Crippen LogP contribution is 2.32. The minimum absolute atomic E-state index is 0.317. The molecule has 1 aromatic heterocycles. The van der Waals surface area contributed by atoms with Crippen LogP contribution in [0.4, 0.5) is 5.69 Å². The van der Waals surface area contributed by atoms with E-state index >= 15 is 0 Å². The van der Waals surface area contributed by atoms with Gasteiger partial charge in [0.2, 0.25) is 0 Å². The molecule has 0 amide bonds. The van der Waals surface area contributed by atoms with Crippen LogP contribution >= 0.6 is 23.2 Å². The van der Waals surface area contributed by atoms with Crippen molar-refractivity contribution in [1.82, 2.24) is 15.0 Å². The number of aromatic nitrogens is 3. The summed E-state index contributed by atoms with van der Waals surface area (Å²) in [6.07, 6.45) is 1.71. The van der Waals surface area contributed by atoms with Crippen molar-refractivity contribution in [1.29, 1.82) is 0 Å². The van der Waals surface area contributed by atoms with Gasteiger partial charge in [0, 0.05) is 5.56 Å². The molecular weight excluding hydrogens is 327 g/mol. The first kappa shape index (κ1) is 16.6. The third-order valence-corrected chi connectivity index (χ3v) is 3.83. The lowest BCUT2D eigenvalue weighted by Gasteiger charge is -2.20. The van der Waals surface area contributed by atoms with Gasteiger partial charge in [-0.2, -0.15) is 0 Å². The molecule has 0 bridgehead atoms. The number of hydrogen-bond acceptors (Lipinski definition) is 5. The number of ether oxygens (including phenoxy) is 1. The summed E-state index contributed by atoms with van der Waals surface area (Å²) in [4.78, 5) is 11.7. The van der Waals surface area contributed by atoms with Gasteiger partial charge in [-0.25, -0.2) is 0 Å². The van der Waals surface area contributed by atoms with Crippen LogP contribution in [0.15, 0.2) is 18.3 Å². The number of hydrogen-bond donors (Lipinski definition) is 1. The normalized spacial score (nSPS) is 11.5. The Labute approximate surface area is 138 Å². The summed E-state index contributed by atoms with van der Waals surface area (Å²) in [6.45, 7) is 3.89. The first-order valence-electron chi connectivity index (χ1n) is 6.48. The molecule has 0 aliphatic heterocycles. The van der Waals surface area contributed by atoms with E-state index < -0.39 is 5.41 Å². The minimum atomic E-state index is -0.712. The first-order valence-corrected chi connectivity index (χ1v) is 7.23. The number of nitrogen functional groups attached to an aromatic ring is 1. The lowest BCUT2D eigenvalue weighted by molar-refractivity contribution is -0.151. The van der Waals surface area contributed by atoms with Gasteiger partial charge in [-0.05, 0) is 26.0 Å². The summed E-state index contributed by atoms with van der Waals surface area (Å²) in [7, 11) is 1.36. The van der Waals surface area contributed by atoms with Crippen molar-refractivity contribution >= 4 is 34.9 Å². The number of anilines is 1. The van der Waals surface area contributed by atoms with Crippen molar-refractivity contribution in [3.8, 4) is 11.3 Å². The molecule has 0 atom stereocenters. The molecule has 0 radical (unpaired) electrons. The standard InChI is InChI=1S/C14H16Cl2N4O2/c1-14(2,13(21)22-3)7-20-6-11(18-19-20)8-4-9(15)12(17)10(16)5-8/h4-6H,7,17H2,1-3H3. The smallest absolute Gasteiger partial charge is 0.313 e. The van der Waals surface area contributed by atoms with Crippen LogP contribution in [-0.2, 0) is 16.1 Å². The fourth-order valence-corrected chi connectivity index (χ4v) is 2.47. The summed E-state index contributed by atoms with van der Waals surface area (Å²) in [5.41, 5.74) is 6.61. The topological polar surface area (TPSA) is 83.0 Å². The summed E-state index contributed by atoms with van der Waals surface area (Å²) in [5, 5.41) is 8.80. The molecule has 0 aliphatic carbocycles. The summed E-state index contributed by atoms with van der Waals surface area (Å²) in [6, 6.07) is 3.34. The first-order chi connectivity index (χ1) is 10.2. The van der Waals surface area contributed by atoms with Gasteiger partial charge in [0.15, 0.2) is 0 Å². The van der Waals surface area contributed by atoms with E-state index in [1.165, 1.54) is 7.11 Å². The van der Waals surface area contributed by atoms with Gasteiger partial charge >= 0.3 is 5.97 Å². The second-order valence-electron chi connectivity index (χ2n) is 5.53. The van der Waals surface area contributed by atoms with Crippen LogP contribution in [0, 0.1) is 5.41 Å². The third kappa shape index (κ3) is 3.34. The Kier molecular flexibility index (Phi) is 4.63. The lowest BCUT2D eigenvalue weighted by atomic mass is 9.94. The molecule has 2 rings (SSSR count). The molecule has 0 saturated heterocycles. The van der Waals surface area contributed by atoms with E-state index in [4.69, 9.17) is 33.7 Å². The Bertz CT molecular complexity index is 690. The second kappa shape index (κ2) is 6.14. The number of benzene rings is 1. The van der Waals surface area contributed by atoms with Crippen LogP contribution in [0.2, 0.25) is 10.0 Å². The number of halogens is 2. The van der Waals surface area contributed by atoms with Crippen molar-refractivity contribution in [2.45, 2.75) is 20.4 Å². The Morgan fingerprint density at radius 2 is 1.95 bits per heavy atom. The quantitative estimate of drug-likeness (QED) is 0.681. The van der Waals surface area contributed by atoms with E-state index in [1.54, 1.807) is 36.9 Å². The largest absolute Gasteiger partial charge is 0.469 e. The molecule has 6 nitrogen and oxygen atoms in total. The molecule has 0 unspecified atom stereocenters. The van der Waals surface area contributed by atoms with E-state index in [1.807, 2.05) is 0 Å². The zero-order valence-electron chi connectivity index (χ0n) is 12.4. The predicted octanol–water partition coefficient (Wildman–Crippen LogP) is 3.03. The maximum absolute atomic E-state index is 11.7. The summed E-state index contributed by atoms with van der Waals surface area (Å²) >= 11 is 12.0. The maximum Gasteiger partial charge on any atom is 0.313 e. The Morgan fingerprint density at radius 3 is 2.50 bits per heavy atom. The Balaban J connectivity index is 2.27. The molecule has 2 aromatic rings. The Hall–Kier alpha value is -1.79. The van der Waals surface area contributed by atoms with Gasteiger partial charge in [0.1, 0.15) is 5.69 Å². The summed E-state index contributed by atoms with van der Waals surface area (Å²) in [5.74, 6) is -0.317. The van der Waals surface area contributed by atoms with Crippen LogP contribution in [-0.4, -0.2) is 28.1 Å². The molecular formula is C14H16Cl2N4O2. The highest BCUT2D eigenvalue weighted by atomic mass is 35.5. The highest BCUT2D eigenvalue weighted by molar-refractivity contribution is 6.39. The van der Waals surface area contributed by atoms with E-state index in [0.717, 1.165) is 0 Å². The predicted molar refractivity (Wildman–Crippen MR) is 85.7 cm³/mol. The molecule has 0 saturated carbocycles. The molecule has 1 aromatic carbocycles. The molecule has 8 heteroatoms. The zero-order chi connectivity index (χ0) is 16.5. The monoisotopic (exact) mass is 342 g/mol. The average molecular weight is 343 g/mol. The van der Waals surface area contributed by atoms with Crippen LogP contribution in [0.25, 0.3) is 11.3 Å². The zero-order valence-corrected chi connectivity index (χ0v) is 13.9. The van der Waals surface area contributed by atoms with Gasteiger partial charge < -0.3 is 10.5 Å². The van der Waals surface area contributed by atoms with Crippen LogP contribution in [0.5, 0.6) is 0 Å².